The van der Waals surface area contributed by atoms with Gasteiger partial charge in [0.25, 0.3) is 0 Å². The number of aromatic amines is 1. The van der Waals surface area contributed by atoms with E-state index in [2.05, 4.69) is 17.2 Å². The van der Waals surface area contributed by atoms with Gasteiger partial charge in [-0.15, -0.1) is 0 Å². The Kier molecular flexibility index (Phi) is 5.88. The first-order valence-electron chi connectivity index (χ1n) is 11.5. The van der Waals surface area contributed by atoms with Gasteiger partial charge in [-0.1, -0.05) is 18.2 Å². The number of aromatic nitrogens is 1. The molecule has 7 nitrogen and oxygen atoms in total. The lowest BCUT2D eigenvalue weighted by Gasteiger charge is -2.35. The first-order valence-corrected chi connectivity index (χ1v) is 12.9. The van der Waals surface area contributed by atoms with E-state index in [1.807, 2.05) is 17.0 Å². The fourth-order valence-electron chi connectivity index (χ4n) is 5.21. The highest BCUT2D eigenvalue weighted by atomic mass is 32.2. The standard InChI is InChI=1S/C25H29N3O4S/c1-32-19-9-10-23-21(16-19)22(17-26-23)18-11-14-27(15-12-18)25(29)24-8-5-13-28(24)33(30,31)20-6-3-2-4-7-20/h2-4,6-7,9-10,16-18,24,26H,5,8,11-15H2,1H3. The molecule has 2 saturated heterocycles. The van der Waals surface area contributed by atoms with Gasteiger partial charge in [-0.05, 0) is 67.5 Å². The van der Waals surface area contributed by atoms with Crippen LogP contribution in [0.5, 0.6) is 5.75 Å². The smallest absolute Gasteiger partial charge is 0.243 e. The van der Waals surface area contributed by atoms with Crippen molar-refractivity contribution >= 4 is 26.8 Å². The quantitative estimate of drug-likeness (QED) is 0.620. The molecule has 0 spiro atoms. The van der Waals surface area contributed by atoms with Gasteiger partial charge in [0, 0.05) is 36.7 Å². The van der Waals surface area contributed by atoms with Crippen LogP contribution in [0.2, 0.25) is 0 Å². The number of fused-ring (bicyclic) bond motifs is 1. The topological polar surface area (TPSA) is 82.7 Å². The van der Waals surface area contributed by atoms with Crippen molar-refractivity contribution in [1.82, 2.24) is 14.2 Å². The number of benzene rings is 2. The van der Waals surface area contributed by atoms with Gasteiger partial charge in [0.2, 0.25) is 15.9 Å². The van der Waals surface area contributed by atoms with E-state index in [0.717, 1.165) is 29.5 Å². The zero-order chi connectivity index (χ0) is 23.0. The number of carbonyl (C=O) groups is 1. The maximum absolute atomic E-state index is 13.4. The molecule has 0 aliphatic carbocycles. The van der Waals surface area contributed by atoms with E-state index in [4.69, 9.17) is 4.74 Å². The van der Waals surface area contributed by atoms with Gasteiger partial charge in [-0.3, -0.25) is 4.79 Å². The Morgan fingerprint density at radius 2 is 1.79 bits per heavy atom. The normalized spacial score (nSPS) is 20.4. The summed E-state index contributed by atoms with van der Waals surface area (Å²) >= 11 is 0. The van der Waals surface area contributed by atoms with Crippen molar-refractivity contribution in [2.75, 3.05) is 26.7 Å². The fraction of sp³-hybridized carbons (Fsp3) is 0.400. The molecule has 2 aromatic carbocycles. The summed E-state index contributed by atoms with van der Waals surface area (Å²) in [4.78, 5) is 18.8. The second-order valence-corrected chi connectivity index (χ2v) is 10.7. The average Bonchev–Trinajstić information content (AvgIpc) is 3.52. The number of H-pyrrole nitrogens is 1. The predicted molar refractivity (Wildman–Crippen MR) is 127 cm³/mol. The molecule has 2 fully saturated rings. The Bertz CT molecular complexity index is 1250. The number of hydrogen-bond acceptors (Lipinski definition) is 4. The average molecular weight is 468 g/mol. The number of methoxy groups -OCH3 is 1. The largest absolute Gasteiger partial charge is 0.497 e. The summed E-state index contributed by atoms with van der Waals surface area (Å²) in [7, 11) is -2.01. The SMILES string of the molecule is COc1ccc2[nH]cc(C3CCN(C(=O)C4CCCN4S(=O)(=O)c4ccccc4)CC3)c2c1. The summed E-state index contributed by atoms with van der Waals surface area (Å²) in [5.41, 5.74) is 2.34. The van der Waals surface area contributed by atoms with Crippen LogP contribution in [0.15, 0.2) is 59.6 Å². The van der Waals surface area contributed by atoms with Crippen molar-refractivity contribution in [2.45, 2.75) is 42.5 Å². The summed E-state index contributed by atoms with van der Waals surface area (Å²) in [6, 6.07) is 13.8. The van der Waals surface area contributed by atoms with E-state index < -0.39 is 16.1 Å². The minimum absolute atomic E-state index is 0.0638. The van der Waals surface area contributed by atoms with Crippen molar-refractivity contribution < 1.29 is 17.9 Å². The number of rotatable bonds is 5. The highest BCUT2D eigenvalue weighted by Gasteiger charge is 2.41. The summed E-state index contributed by atoms with van der Waals surface area (Å²) in [5, 5.41) is 1.16. The van der Waals surface area contributed by atoms with Crippen molar-refractivity contribution in [1.29, 1.82) is 0 Å². The van der Waals surface area contributed by atoms with Gasteiger partial charge in [0.1, 0.15) is 11.8 Å². The molecule has 3 heterocycles. The lowest BCUT2D eigenvalue weighted by molar-refractivity contribution is -0.135. The second-order valence-electron chi connectivity index (χ2n) is 8.84. The minimum atomic E-state index is -3.68. The maximum atomic E-state index is 13.4. The molecule has 2 aliphatic rings. The van der Waals surface area contributed by atoms with E-state index >= 15 is 0 Å². The number of sulfonamides is 1. The Balaban J connectivity index is 1.29. The van der Waals surface area contributed by atoms with E-state index in [-0.39, 0.29) is 10.8 Å². The number of ether oxygens (including phenoxy) is 1. The lowest BCUT2D eigenvalue weighted by Crippen LogP contribution is -2.49. The molecular weight excluding hydrogens is 438 g/mol. The summed E-state index contributed by atoms with van der Waals surface area (Å²) < 4.78 is 33.1. The van der Waals surface area contributed by atoms with Gasteiger partial charge in [0.15, 0.2) is 0 Å². The highest BCUT2D eigenvalue weighted by molar-refractivity contribution is 7.89. The molecule has 33 heavy (non-hydrogen) atoms. The predicted octanol–water partition coefficient (Wildman–Crippen LogP) is 3.74. The number of nitrogens with zero attached hydrogens (tertiary/aromatic N) is 2. The van der Waals surface area contributed by atoms with E-state index in [0.29, 0.717) is 38.4 Å². The molecule has 1 amide bonds. The van der Waals surface area contributed by atoms with E-state index in [1.54, 1.807) is 37.4 Å². The van der Waals surface area contributed by atoms with Gasteiger partial charge < -0.3 is 14.6 Å². The third kappa shape index (κ3) is 4.02. The molecule has 2 aliphatic heterocycles. The van der Waals surface area contributed by atoms with Crippen molar-refractivity contribution in [2.24, 2.45) is 0 Å². The molecule has 0 radical (unpaired) electrons. The van der Waals surface area contributed by atoms with Crippen LogP contribution in [0.3, 0.4) is 0 Å². The van der Waals surface area contributed by atoms with Crippen LogP contribution in [0.25, 0.3) is 10.9 Å². The number of hydrogen-bond donors (Lipinski definition) is 1. The van der Waals surface area contributed by atoms with Crippen LogP contribution in [-0.2, 0) is 14.8 Å². The highest BCUT2D eigenvalue weighted by Crippen LogP contribution is 2.36. The van der Waals surface area contributed by atoms with E-state index in [9.17, 15) is 13.2 Å². The third-order valence-corrected chi connectivity index (χ3v) is 8.93. The van der Waals surface area contributed by atoms with Crippen LogP contribution in [0, 0.1) is 0 Å². The molecule has 1 unspecified atom stereocenters. The van der Waals surface area contributed by atoms with Gasteiger partial charge >= 0.3 is 0 Å². The summed E-state index contributed by atoms with van der Waals surface area (Å²) in [5.74, 6) is 1.12. The molecular formula is C25H29N3O4S. The number of nitrogens with one attached hydrogen (secondary N) is 1. The third-order valence-electron chi connectivity index (χ3n) is 7.01. The molecule has 3 aromatic rings. The maximum Gasteiger partial charge on any atom is 0.243 e. The van der Waals surface area contributed by atoms with Gasteiger partial charge in [-0.2, -0.15) is 4.31 Å². The van der Waals surface area contributed by atoms with Crippen LogP contribution in [0.1, 0.15) is 37.2 Å². The Labute approximate surface area is 194 Å². The molecule has 1 N–H and O–H groups in total. The second kappa shape index (κ2) is 8.83. The first-order chi connectivity index (χ1) is 16.0. The van der Waals surface area contributed by atoms with Crippen LogP contribution in [0.4, 0.5) is 0 Å². The summed E-state index contributed by atoms with van der Waals surface area (Å²) in [6.45, 7) is 1.66. The number of carbonyl (C=O) groups excluding carboxylic acids is 1. The van der Waals surface area contributed by atoms with Crippen LogP contribution >= 0.6 is 0 Å². The Morgan fingerprint density at radius 1 is 1.03 bits per heavy atom. The number of likely N-dealkylation sites (tertiary alicyclic amines) is 1. The van der Waals surface area contributed by atoms with Crippen LogP contribution in [-0.4, -0.2) is 61.3 Å². The lowest BCUT2D eigenvalue weighted by atomic mass is 9.89. The van der Waals surface area contributed by atoms with Crippen LogP contribution < -0.4 is 4.74 Å². The molecule has 8 heteroatoms. The van der Waals surface area contributed by atoms with Crippen molar-refractivity contribution in [3.8, 4) is 5.75 Å². The Hall–Kier alpha value is -2.84. The summed E-state index contributed by atoms with van der Waals surface area (Å²) in [6.07, 6.45) is 5.06. The monoisotopic (exact) mass is 467 g/mol. The zero-order valence-corrected chi connectivity index (χ0v) is 19.6. The Morgan fingerprint density at radius 3 is 2.52 bits per heavy atom. The molecule has 1 aromatic heterocycles. The van der Waals surface area contributed by atoms with Crippen molar-refractivity contribution in [3.05, 3.63) is 60.3 Å². The molecule has 0 bridgehead atoms. The van der Waals surface area contributed by atoms with Gasteiger partial charge in [0.05, 0.1) is 12.0 Å². The van der Waals surface area contributed by atoms with Crippen molar-refractivity contribution in [3.63, 3.8) is 0 Å². The number of amides is 1. The molecule has 5 rings (SSSR count). The zero-order valence-electron chi connectivity index (χ0n) is 18.7. The number of piperidine rings is 1. The molecule has 174 valence electrons. The fourth-order valence-corrected chi connectivity index (χ4v) is 6.88. The molecule has 1 atom stereocenters. The van der Waals surface area contributed by atoms with E-state index in [1.165, 1.54) is 9.87 Å². The minimum Gasteiger partial charge on any atom is -0.497 e. The van der Waals surface area contributed by atoms with Gasteiger partial charge in [-0.25, -0.2) is 8.42 Å². The molecule has 0 saturated carbocycles. The first kappa shape index (κ1) is 22.0.